The first kappa shape index (κ1) is 23.8. The number of carbonyl (C=O) groups is 1. The number of ether oxygens (including phenoxy) is 1. The van der Waals surface area contributed by atoms with Crippen molar-refractivity contribution in [2.75, 3.05) is 15.9 Å². The average molecular weight is 465 g/mol. The van der Waals surface area contributed by atoms with Gasteiger partial charge in [0.2, 0.25) is 15.9 Å². The summed E-state index contributed by atoms with van der Waals surface area (Å²) < 4.78 is 66.4. The molecule has 6 nitrogen and oxygen atoms in total. The number of hydrogen-bond donors (Lipinski definition) is 1. The number of aryl methyl sites for hydroxylation is 1. The molecule has 164 valence electrons. The second-order valence-corrected chi connectivity index (χ2v) is 8.74. The number of hydrogen-bond acceptors (Lipinski definition) is 4. The van der Waals surface area contributed by atoms with Crippen molar-refractivity contribution in [3.05, 3.63) is 53.1 Å². The van der Waals surface area contributed by atoms with E-state index in [1.807, 2.05) is 0 Å². The summed E-state index contributed by atoms with van der Waals surface area (Å²) in [6.45, 7) is 3.39. The first-order valence-electron chi connectivity index (χ1n) is 8.74. The van der Waals surface area contributed by atoms with Crippen LogP contribution in [0, 0.1) is 6.92 Å². The molecule has 0 bridgehead atoms. The van der Waals surface area contributed by atoms with E-state index in [9.17, 15) is 26.4 Å². The third-order valence-corrected chi connectivity index (χ3v) is 5.68. The molecule has 2 aromatic carbocycles. The summed E-state index contributed by atoms with van der Waals surface area (Å²) in [4.78, 5) is 12.8. The highest BCUT2D eigenvalue weighted by molar-refractivity contribution is 7.92. The second-order valence-electron chi connectivity index (χ2n) is 6.48. The molecule has 0 unspecified atom stereocenters. The van der Waals surface area contributed by atoms with Gasteiger partial charge in [0.05, 0.1) is 11.9 Å². The van der Waals surface area contributed by atoms with E-state index in [4.69, 9.17) is 11.6 Å². The number of carbonyl (C=O) groups excluding carboxylic acids is 1. The number of alkyl halides is 3. The SMILES string of the molecule is CC[C@@H](C(=O)Nc1ccc(OC(F)(F)F)cc1)N(c1ccc(C)c(Cl)c1)S(C)(=O)=O. The number of amides is 1. The van der Waals surface area contributed by atoms with Gasteiger partial charge >= 0.3 is 6.36 Å². The predicted octanol–water partition coefficient (Wildman–Crippen LogP) is 4.73. The normalized spacial score (nSPS) is 12.9. The summed E-state index contributed by atoms with van der Waals surface area (Å²) >= 11 is 6.11. The van der Waals surface area contributed by atoms with Crippen molar-refractivity contribution in [1.82, 2.24) is 0 Å². The molecule has 0 saturated heterocycles. The van der Waals surface area contributed by atoms with Crippen LogP contribution in [0.3, 0.4) is 0 Å². The zero-order chi connectivity index (χ0) is 22.7. The summed E-state index contributed by atoms with van der Waals surface area (Å²) in [5.41, 5.74) is 1.15. The van der Waals surface area contributed by atoms with E-state index in [0.29, 0.717) is 5.02 Å². The van der Waals surface area contributed by atoms with Crippen molar-refractivity contribution in [3.63, 3.8) is 0 Å². The van der Waals surface area contributed by atoms with Crippen LogP contribution in [0.2, 0.25) is 5.02 Å². The lowest BCUT2D eigenvalue weighted by Gasteiger charge is -2.30. The summed E-state index contributed by atoms with van der Waals surface area (Å²) in [5, 5.41) is 2.86. The van der Waals surface area contributed by atoms with Crippen LogP contribution in [0.1, 0.15) is 18.9 Å². The van der Waals surface area contributed by atoms with Crippen molar-refractivity contribution in [1.29, 1.82) is 0 Å². The van der Waals surface area contributed by atoms with E-state index in [-0.39, 0.29) is 17.8 Å². The molecule has 1 N–H and O–H groups in total. The van der Waals surface area contributed by atoms with Gasteiger partial charge in [-0.3, -0.25) is 9.10 Å². The number of halogens is 4. The zero-order valence-corrected chi connectivity index (χ0v) is 17.9. The van der Waals surface area contributed by atoms with Crippen molar-refractivity contribution >= 4 is 38.9 Å². The Hall–Kier alpha value is -2.46. The molecule has 0 aliphatic rings. The lowest BCUT2D eigenvalue weighted by molar-refractivity contribution is -0.274. The van der Waals surface area contributed by atoms with E-state index >= 15 is 0 Å². The topological polar surface area (TPSA) is 75.7 Å². The summed E-state index contributed by atoms with van der Waals surface area (Å²) in [6, 6.07) is 8.05. The van der Waals surface area contributed by atoms with Gasteiger partial charge in [-0.1, -0.05) is 24.6 Å². The maximum atomic E-state index is 12.8. The molecule has 0 saturated carbocycles. The Morgan fingerprint density at radius 2 is 1.80 bits per heavy atom. The monoisotopic (exact) mass is 464 g/mol. The molecular weight excluding hydrogens is 445 g/mol. The molecule has 0 radical (unpaired) electrons. The molecule has 1 amide bonds. The molecular formula is C19H20ClF3N2O4S. The summed E-state index contributed by atoms with van der Waals surface area (Å²) in [6.07, 6.45) is -3.72. The van der Waals surface area contributed by atoms with Crippen LogP contribution >= 0.6 is 11.6 Å². The first-order chi connectivity index (χ1) is 13.8. The Balaban J connectivity index is 2.28. The fourth-order valence-electron chi connectivity index (χ4n) is 2.74. The number of anilines is 2. The second kappa shape index (κ2) is 9.13. The van der Waals surface area contributed by atoms with Crippen molar-refractivity contribution in [2.45, 2.75) is 32.7 Å². The molecule has 0 aliphatic heterocycles. The Labute approximate surface area is 177 Å². The highest BCUT2D eigenvalue weighted by Crippen LogP contribution is 2.28. The van der Waals surface area contributed by atoms with Gasteiger partial charge in [0.1, 0.15) is 11.8 Å². The average Bonchev–Trinajstić information content (AvgIpc) is 2.61. The summed E-state index contributed by atoms with van der Waals surface area (Å²) in [5.74, 6) is -1.09. The molecule has 0 fully saturated rings. The van der Waals surface area contributed by atoms with Gasteiger partial charge < -0.3 is 10.1 Å². The predicted molar refractivity (Wildman–Crippen MR) is 109 cm³/mol. The third-order valence-electron chi connectivity index (χ3n) is 4.10. The van der Waals surface area contributed by atoms with E-state index in [0.717, 1.165) is 28.3 Å². The van der Waals surface area contributed by atoms with Gasteiger partial charge in [-0.15, -0.1) is 13.2 Å². The fraction of sp³-hybridized carbons (Fsp3) is 0.316. The molecule has 0 aliphatic carbocycles. The van der Waals surface area contributed by atoms with E-state index in [1.165, 1.54) is 18.2 Å². The standard InChI is InChI=1S/C19H20ClF3N2O4S/c1-4-17(25(30(3,27)28)14-8-5-12(2)16(20)11-14)18(26)24-13-6-9-15(10-7-13)29-19(21,22)23/h5-11,17H,4H2,1-3H3,(H,24,26)/t17-/m0/s1. The molecule has 0 heterocycles. The molecule has 30 heavy (non-hydrogen) atoms. The molecule has 2 rings (SSSR count). The molecule has 0 aromatic heterocycles. The number of nitrogens with zero attached hydrogens (tertiary/aromatic N) is 1. The number of benzene rings is 2. The van der Waals surface area contributed by atoms with Gasteiger partial charge in [0.15, 0.2) is 0 Å². The molecule has 11 heteroatoms. The van der Waals surface area contributed by atoms with Crippen molar-refractivity contribution < 1.29 is 31.1 Å². The van der Waals surface area contributed by atoms with E-state index in [2.05, 4.69) is 10.1 Å². The highest BCUT2D eigenvalue weighted by atomic mass is 35.5. The quantitative estimate of drug-likeness (QED) is 0.642. The smallest absolute Gasteiger partial charge is 0.406 e. The fourth-order valence-corrected chi connectivity index (χ4v) is 4.12. The zero-order valence-electron chi connectivity index (χ0n) is 16.3. The van der Waals surface area contributed by atoms with E-state index < -0.39 is 34.1 Å². The number of nitrogens with one attached hydrogen (secondary N) is 1. The van der Waals surface area contributed by atoms with Crippen LogP contribution in [-0.2, 0) is 14.8 Å². The van der Waals surface area contributed by atoms with E-state index in [1.54, 1.807) is 26.0 Å². The van der Waals surface area contributed by atoms with Gasteiger partial charge in [-0.2, -0.15) is 0 Å². The number of rotatable bonds is 7. The Bertz CT molecular complexity index is 1010. The van der Waals surface area contributed by atoms with Crippen LogP contribution in [0.15, 0.2) is 42.5 Å². The Morgan fingerprint density at radius 3 is 2.27 bits per heavy atom. The van der Waals surface area contributed by atoms with Gasteiger partial charge in [-0.05, 0) is 55.3 Å². The third kappa shape index (κ3) is 6.27. The number of sulfonamides is 1. The lowest BCUT2D eigenvalue weighted by atomic mass is 10.1. The highest BCUT2D eigenvalue weighted by Gasteiger charge is 2.32. The van der Waals surface area contributed by atoms with Crippen LogP contribution in [0.5, 0.6) is 5.75 Å². The van der Waals surface area contributed by atoms with Gasteiger partial charge in [0.25, 0.3) is 0 Å². The largest absolute Gasteiger partial charge is 0.573 e. The first-order valence-corrected chi connectivity index (χ1v) is 11.0. The van der Waals surface area contributed by atoms with Crippen LogP contribution in [0.4, 0.5) is 24.5 Å². The maximum Gasteiger partial charge on any atom is 0.573 e. The van der Waals surface area contributed by atoms with Gasteiger partial charge in [-0.25, -0.2) is 8.42 Å². The lowest BCUT2D eigenvalue weighted by Crippen LogP contribution is -2.47. The van der Waals surface area contributed by atoms with Crippen LogP contribution in [0.25, 0.3) is 0 Å². The van der Waals surface area contributed by atoms with Crippen molar-refractivity contribution in [3.8, 4) is 5.75 Å². The Morgan fingerprint density at radius 1 is 1.20 bits per heavy atom. The van der Waals surface area contributed by atoms with Gasteiger partial charge in [0, 0.05) is 10.7 Å². The van der Waals surface area contributed by atoms with Crippen molar-refractivity contribution in [2.24, 2.45) is 0 Å². The minimum absolute atomic E-state index is 0.139. The molecule has 0 spiro atoms. The Kier molecular flexibility index (Phi) is 7.25. The minimum atomic E-state index is -4.83. The maximum absolute atomic E-state index is 12.8. The molecule has 1 atom stereocenters. The molecule has 2 aromatic rings. The van der Waals surface area contributed by atoms with Crippen LogP contribution < -0.4 is 14.4 Å². The van der Waals surface area contributed by atoms with Crippen LogP contribution in [-0.4, -0.2) is 33.0 Å². The minimum Gasteiger partial charge on any atom is -0.406 e. The summed E-state index contributed by atoms with van der Waals surface area (Å²) in [7, 11) is -3.85.